The van der Waals surface area contributed by atoms with Crippen molar-refractivity contribution in [2.45, 2.75) is 4.90 Å². The number of hydrogen-bond donors (Lipinski definition) is 0. The van der Waals surface area contributed by atoms with Gasteiger partial charge in [0.25, 0.3) is 11.6 Å². The molecule has 1 aliphatic heterocycles. The van der Waals surface area contributed by atoms with E-state index in [-0.39, 0.29) is 17.3 Å². The van der Waals surface area contributed by atoms with Crippen LogP contribution in [0.4, 0.5) is 5.69 Å². The quantitative estimate of drug-likeness (QED) is 0.616. The summed E-state index contributed by atoms with van der Waals surface area (Å²) in [6.07, 6.45) is 1.79. The molecule has 8 heteroatoms. The number of benzene rings is 1. The van der Waals surface area contributed by atoms with E-state index in [9.17, 15) is 20.2 Å². The standard InChI is InChI=1S/C12H9N3O3S2/c1-14-9(6-13)12(19-2)20-10-5-7(15(17)18)3-4-8(10)11(14)16/h3-5H,1-2H3. The molecule has 1 aliphatic rings. The van der Waals surface area contributed by atoms with E-state index in [0.717, 1.165) is 0 Å². The van der Waals surface area contributed by atoms with Crippen LogP contribution >= 0.6 is 23.5 Å². The second-order valence-electron chi connectivity index (χ2n) is 3.86. The van der Waals surface area contributed by atoms with Gasteiger partial charge < -0.3 is 4.90 Å². The van der Waals surface area contributed by atoms with E-state index in [1.807, 2.05) is 6.07 Å². The lowest BCUT2D eigenvalue weighted by Gasteiger charge is -2.14. The summed E-state index contributed by atoms with van der Waals surface area (Å²) >= 11 is 2.53. The maximum Gasteiger partial charge on any atom is 0.270 e. The highest BCUT2D eigenvalue weighted by molar-refractivity contribution is 8.22. The van der Waals surface area contributed by atoms with E-state index < -0.39 is 4.92 Å². The number of non-ortho nitro benzene ring substituents is 1. The molecule has 1 aromatic rings. The molecule has 0 aliphatic carbocycles. The molecule has 2 rings (SSSR count). The summed E-state index contributed by atoms with van der Waals surface area (Å²) in [5, 5.41) is 20.0. The van der Waals surface area contributed by atoms with Gasteiger partial charge in [-0.15, -0.1) is 11.8 Å². The summed E-state index contributed by atoms with van der Waals surface area (Å²) in [5.41, 5.74) is 0.541. The molecular weight excluding hydrogens is 298 g/mol. The van der Waals surface area contributed by atoms with Crippen LogP contribution in [-0.4, -0.2) is 29.0 Å². The van der Waals surface area contributed by atoms with Crippen LogP contribution in [0.5, 0.6) is 0 Å². The Morgan fingerprint density at radius 1 is 1.50 bits per heavy atom. The van der Waals surface area contributed by atoms with Crippen molar-refractivity contribution in [3.63, 3.8) is 0 Å². The first-order valence-corrected chi connectivity index (χ1v) is 7.46. The SMILES string of the molecule is CSC1=C(C#N)N(C)C(=O)c2ccc([N+](=O)[O-])cc2S1. The molecule has 0 fully saturated rings. The van der Waals surface area contributed by atoms with Crippen LogP contribution in [0.2, 0.25) is 0 Å². The van der Waals surface area contributed by atoms with Crippen LogP contribution in [-0.2, 0) is 0 Å². The second kappa shape index (κ2) is 5.56. The summed E-state index contributed by atoms with van der Waals surface area (Å²) in [6, 6.07) is 6.09. The maximum absolute atomic E-state index is 12.3. The van der Waals surface area contributed by atoms with Crippen molar-refractivity contribution in [2.24, 2.45) is 0 Å². The molecule has 0 spiro atoms. The van der Waals surface area contributed by atoms with Crippen LogP contribution in [0.1, 0.15) is 10.4 Å². The third kappa shape index (κ3) is 2.37. The zero-order chi connectivity index (χ0) is 14.9. The van der Waals surface area contributed by atoms with Gasteiger partial charge in [-0.25, -0.2) is 0 Å². The fourth-order valence-corrected chi connectivity index (χ4v) is 3.61. The van der Waals surface area contributed by atoms with Gasteiger partial charge in [-0.2, -0.15) is 5.26 Å². The lowest BCUT2D eigenvalue weighted by atomic mass is 10.2. The normalized spacial score (nSPS) is 14.7. The zero-order valence-electron chi connectivity index (χ0n) is 10.6. The first-order chi connectivity index (χ1) is 9.49. The predicted octanol–water partition coefficient (Wildman–Crippen LogP) is 2.83. The van der Waals surface area contributed by atoms with Crippen molar-refractivity contribution < 1.29 is 9.72 Å². The molecule has 0 unspecified atom stereocenters. The lowest BCUT2D eigenvalue weighted by molar-refractivity contribution is -0.385. The fraction of sp³-hybridized carbons (Fsp3) is 0.167. The third-order valence-electron chi connectivity index (χ3n) is 2.73. The number of nitriles is 1. The van der Waals surface area contributed by atoms with E-state index in [4.69, 9.17) is 0 Å². The lowest BCUT2D eigenvalue weighted by Crippen LogP contribution is -2.25. The van der Waals surface area contributed by atoms with Crippen LogP contribution < -0.4 is 0 Å². The van der Waals surface area contributed by atoms with Crippen LogP contribution in [0.25, 0.3) is 0 Å². The average molecular weight is 307 g/mol. The van der Waals surface area contributed by atoms with Crippen LogP contribution in [0, 0.1) is 21.4 Å². The van der Waals surface area contributed by atoms with Gasteiger partial charge in [0.1, 0.15) is 11.8 Å². The Labute approximate surface area is 123 Å². The zero-order valence-corrected chi connectivity index (χ0v) is 12.2. The highest BCUT2D eigenvalue weighted by atomic mass is 32.2. The monoisotopic (exact) mass is 307 g/mol. The molecule has 20 heavy (non-hydrogen) atoms. The minimum Gasteiger partial charge on any atom is -0.301 e. The molecule has 0 saturated carbocycles. The molecule has 1 heterocycles. The van der Waals surface area contributed by atoms with Crippen molar-refractivity contribution in [1.29, 1.82) is 5.26 Å². The fourth-order valence-electron chi connectivity index (χ4n) is 1.71. The van der Waals surface area contributed by atoms with Gasteiger partial charge in [-0.3, -0.25) is 14.9 Å². The van der Waals surface area contributed by atoms with Gasteiger partial charge in [0.2, 0.25) is 0 Å². The summed E-state index contributed by atoms with van der Waals surface area (Å²) in [5.74, 6) is -0.344. The van der Waals surface area contributed by atoms with Crippen molar-refractivity contribution in [3.8, 4) is 6.07 Å². The number of hydrogen-bond acceptors (Lipinski definition) is 6. The number of nitro benzene ring substituents is 1. The van der Waals surface area contributed by atoms with Crippen LogP contribution in [0.15, 0.2) is 33.0 Å². The number of thioether (sulfide) groups is 2. The van der Waals surface area contributed by atoms with Gasteiger partial charge in [0.15, 0.2) is 0 Å². The Kier molecular flexibility index (Phi) is 4.01. The van der Waals surface area contributed by atoms with E-state index in [1.54, 1.807) is 6.26 Å². The van der Waals surface area contributed by atoms with Gasteiger partial charge >= 0.3 is 0 Å². The van der Waals surface area contributed by atoms with Gasteiger partial charge in [0, 0.05) is 24.1 Å². The van der Waals surface area contributed by atoms with E-state index >= 15 is 0 Å². The van der Waals surface area contributed by atoms with Crippen molar-refractivity contribution in [2.75, 3.05) is 13.3 Å². The highest BCUT2D eigenvalue weighted by Gasteiger charge is 2.28. The number of allylic oxidation sites excluding steroid dienone is 1. The van der Waals surface area contributed by atoms with Crippen molar-refractivity contribution in [3.05, 3.63) is 43.8 Å². The minimum atomic E-state index is -0.506. The Morgan fingerprint density at radius 2 is 2.20 bits per heavy atom. The number of rotatable bonds is 2. The van der Waals surface area contributed by atoms with Gasteiger partial charge in [-0.05, 0) is 12.3 Å². The maximum atomic E-state index is 12.3. The first-order valence-electron chi connectivity index (χ1n) is 5.42. The van der Waals surface area contributed by atoms with Crippen molar-refractivity contribution in [1.82, 2.24) is 4.90 Å². The van der Waals surface area contributed by atoms with E-state index in [1.165, 1.54) is 53.7 Å². The third-order valence-corrected chi connectivity index (χ3v) is 4.98. The predicted molar refractivity (Wildman–Crippen MR) is 77.2 cm³/mol. The second-order valence-corrected chi connectivity index (χ2v) is 5.98. The molecule has 1 aromatic carbocycles. The number of nitro groups is 1. The number of amides is 1. The largest absolute Gasteiger partial charge is 0.301 e. The Morgan fingerprint density at radius 3 is 2.75 bits per heavy atom. The highest BCUT2D eigenvalue weighted by Crippen LogP contribution is 2.42. The molecule has 0 aromatic heterocycles. The smallest absolute Gasteiger partial charge is 0.270 e. The number of carbonyl (C=O) groups is 1. The van der Waals surface area contributed by atoms with E-state index in [2.05, 4.69) is 0 Å². The van der Waals surface area contributed by atoms with Gasteiger partial charge in [0.05, 0.1) is 14.7 Å². The molecule has 0 atom stereocenters. The Bertz CT molecular complexity index is 679. The molecule has 0 saturated heterocycles. The summed E-state index contributed by atoms with van der Waals surface area (Å²) in [4.78, 5) is 24.4. The molecule has 0 bridgehead atoms. The topological polar surface area (TPSA) is 87.2 Å². The molecule has 1 amide bonds. The molecule has 0 N–H and O–H groups in total. The van der Waals surface area contributed by atoms with E-state index in [0.29, 0.717) is 14.7 Å². The Balaban J connectivity index is 2.63. The average Bonchev–Trinajstić information content (AvgIpc) is 2.54. The number of carbonyl (C=O) groups excluding carboxylic acids is 1. The molecule has 102 valence electrons. The first kappa shape index (κ1) is 14.4. The molecule has 6 nitrogen and oxygen atoms in total. The summed E-state index contributed by atoms with van der Waals surface area (Å²) in [7, 11) is 1.52. The summed E-state index contributed by atoms with van der Waals surface area (Å²) in [6.45, 7) is 0. The molecular formula is C12H9N3O3S2. The van der Waals surface area contributed by atoms with Crippen LogP contribution in [0.3, 0.4) is 0 Å². The number of fused-ring (bicyclic) bond motifs is 1. The Hall–Kier alpha value is -1.98. The minimum absolute atomic E-state index is 0.0763. The van der Waals surface area contributed by atoms with Crippen molar-refractivity contribution >= 4 is 35.1 Å². The molecule has 0 radical (unpaired) electrons. The summed E-state index contributed by atoms with van der Waals surface area (Å²) < 4.78 is 0.641. The number of nitrogens with zero attached hydrogens (tertiary/aromatic N) is 3. The van der Waals surface area contributed by atoms with Gasteiger partial charge in [-0.1, -0.05) is 11.8 Å².